The minimum atomic E-state index is 0.357. The molecule has 2 atom stereocenters. The first-order valence-corrected chi connectivity index (χ1v) is 8.62. The Hall–Kier alpha value is -1.42. The van der Waals surface area contributed by atoms with E-state index in [9.17, 15) is 4.79 Å². The second-order valence-electron chi connectivity index (χ2n) is 6.78. The molecule has 2 aliphatic rings. The van der Waals surface area contributed by atoms with Gasteiger partial charge in [-0.2, -0.15) is 0 Å². The van der Waals surface area contributed by atoms with E-state index in [0.717, 1.165) is 44.6 Å². The van der Waals surface area contributed by atoms with Crippen LogP contribution in [0.1, 0.15) is 37.8 Å². The fourth-order valence-electron chi connectivity index (χ4n) is 4.01. The Morgan fingerprint density at radius 3 is 3.05 bits per heavy atom. The molecule has 4 nitrogen and oxygen atoms in total. The van der Waals surface area contributed by atoms with Crippen molar-refractivity contribution in [1.82, 2.24) is 14.8 Å². The Morgan fingerprint density at radius 1 is 1.32 bits per heavy atom. The molecule has 0 radical (unpaired) electrons. The molecular weight excluding hydrogens is 274 g/mol. The van der Waals surface area contributed by atoms with Crippen LogP contribution in [0.25, 0.3) is 0 Å². The van der Waals surface area contributed by atoms with Gasteiger partial charge in [0, 0.05) is 37.4 Å². The van der Waals surface area contributed by atoms with Crippen LogP contribution < -0.4 is 0 Å². The Balaban J connectivity index is 1.51. The van der Waals surface area contributed by atoms with Crippen molar-refractivity contribution in [2.75, 3.05) is 26.7 Å². The summed E-state index contributed by atoms with van der Waals surface area (Å²) in [4.78, 5) is 21.6. The fourth-order valence-corrected chi connectivity index (χ4v) is 4.01. The fraction of sp³-hybridized carbons (Fsp3) is 0.667. The van der Waals surface area contributed by atoms with Gasteiger partial charge in [0.05, 0.1) is 0 Å². The van der Waals surface area contributed by atoms with Crippen molar-refractivity contribution in [3.8, 4) is 0 Å². The Labute approximate surface area is 133 Å². The summed E-state index contributed by atoms with van der Waals surface area (Å²) in [6, 6.07) is 6.48. The molecule has 0 aromatic carbocycles. The van der Waals surface area contributed by atoms with Crippen LogP contribution >= 0.6 is 0 Å². The summed E-state index contributed by atoms with van der Waals surface area (Å²) in [5.74, 6) is 1.04. The lowest BCUT2D eigenvalue weighted by Crippen LogP contribution is -2.55. The Morgan fingerprint density at radius 2 is 2.23 bits per heavy atom. The first-order chi connectivity index (χ1) is 10.7. The summed E-state index contributed by atoms with van der Waals surface area (Å²) in [6.45, 7) is 3.24. The second-order valence-corrected chi connectivity index (χ2v) is 6.78. The van der Waals surface area contributed by atoms with E-state index >= 15 is 0 Å². The summed E-state index contributed by atoms with van der Waals surface area (Å²) >= 11 is 0. The van der Waals surface area contributed by atoms with Crippen molar-refractivity contribution in [3.05, 3.63) is 30.1 Å². The number of fused-ring (bicyclic) bond motifs is 1. The molecule has 3 rings (SSSR count). The third-order valence-electron chi connectivity index (χ3n) is 5.14. The Bertz CT molecular complexity index is 490. The van der Waals surface area contributed by atoms with Gasteiger partial charge in [0.1, 0.15) is 0 Å². The predicted octanol–water partition coefficient (Wildman–Crippen LogP) is 2.35. The lowest BCUT2D eigenvalue weighted by molar-refractivity contribution is -0.138. The molecule has 0 N–H and O–H groups in total. The maximum absolute atomic E-state index is 12.6. The number of aryl methyl sites for hydroxylation is 1. The number of likely N-dealkylation sites (tertiary alicyclic amines) is 2. The van der Waals surface area contributed by atoms with Gasteiger partial charge in [-0.1, -0.05) is 6.07 Å². The number of amides is 1. The number of piperidine rings is 2. The average molecular weight is 301 g/mol. The van der Waals surface area contributed by atoms with Gasteiger partial charge in [0.2, 0.25) is 5.91 Å². The van der Waals surface area contributed by atoms with E-state index in [2.05, 4.69) is 21.8 Å². The highest BCUT2D eigenvalue weighted by atomic mass is 16.2. The number of hydrogen-bond donors (Lipinski definition) is 0. The quantitative estimate of drug-likeness (QED) is 0.856. The maximum atomic E-state index is 12.6. The lowest BCUT2D eigenvalue weighted by Gasteiger charge is -2.46. The van der Waals surface area contributed by atoms with E-state index in [-0.39, 0.29) is 0 Å². The molecule has 2 aliphatic heterocycles. The molecule has 1 aromatic heterocycles. The maximum Gasteiger partial charge on any atom is 0.222 e. The number of carbonyl (C=O) groups is 1. The standard InChI is InChI=1S/C18H27N3O/c1-20-13-10-17-15(14-20)6-5-12-21(17)18(22)9-4-8-16-7-2-3-11-19-16/h2-3,7,11,15,17H,4-6,8-10,12-14H2,1H3/t15-,17-/m1/s1. The SMILES string of the molecule is CN1CC[C@@H]2[C@H](CCCN2C(=O)CCCc2ccccn2)C1. The van der Waals surface area contributed by atoms with Crippen LogP contribution in [0.4, 0.5) is 0 Å². The van der Waals surface area contributed by atoms with Crippen LogP contribution in [-0.2, 0) is 11.2 Å². The molecule has 2 fully saturated rings. The molecule has 1 aromatic rings. The predicted molar refractivity (Wildman–Crippen MR) is 87.5 cm³/mol. The van der Waals surface area contributed by atoms with Crippen molar-refractivity contribution in [1.29, 1.82) is 0 Å². The van der Waals surface area contributed by atoms with Crippen LogP contribution in [0.2, 0.25) is 0 Å². The highest BCUT2D eigenvalue weighted by molar-refractivity contribution is 5.76. The highest BCUT2D eigenvalue weighted by Crippen LogP contribution is 2.30. The number of carbonyl (C=O) groups excluding carboxylic acids is 1. The molecule has 0 unspecified atom stereocenters. The van der Waals surface area contributed by atoms with Crippen LogP contribution in [0.3, 0.4) is 0 Å². The summed E-state index contributed by atoms with van der Waals surface area (Å²) < 4.78 is 0. The van der Waals surface area contributed by atoms with Gasteiger partial charge in [0.25, 0.3) is 0 Å². The van der Waals surface area contributed by atoms with Crippen LogP contribution in [-0.4, -0.2) is 53.4 Å². The zero-order valence-electron chi connectivity index (χ0n) is 13.6. The van der Waals surface area contributed by atoms with Crippen molar-refractivity contribution in [2.45, 2.75) is 44.6 Å². The number of nitrogens with zero attached hydrogens (tertiary/aromatic N) is 3. The molecule has 0 aliphatic carbocycles. The van der Waals surface area contributed by atoms with Crippen molar-refractivity contribution < 1.29 is 4.79 Å². The summed E-state index contributed by atoms with van der Waals surface area (Å²) in [7, 11) is 2.20. The van der Waals surface area contributed by atoms with Crippen molar-refractivity contribution in [3.63, 3.8) is 0 Å². The molecule has 0 bridgehead atoms. The molecular formula is C18H27N3O. The number of rotatable bonds is 4. The topological polar surface area (TPSA) is 36.4 Å². The first kappa shape index (κ1) is 15.5. The van der Waals surface area contributed by atoms with Gasteiger partial charge in [-0.05, 0) is 63.7 Å². The number of hydrogen-bond acceptors (Lipinski definition) is 3. The normalized spacial score (nSPS) is 25.8. The van der Waals surface area contributed by atoms with E-state index in [0.29, 0.717) is 24.3 Å². The minimum Gasteiger partial charge on any atom is -0.339 e. The van der Waals surface area contributed by atoms with Crippen molar-refractivity contribution in [2.24, 2.45) is 5.92 Å². The van der Waals surface area contributed by atoms with Gasteiger partial charge in [-0.25, -0.2) is 0 Å². The molecule has 1 amide bonds. The first-order valence-electron chi connectivity index (χ1n) is 8.62. The zero-order chi connectivity index (χ0) is 15.4. The zero-order valence-corrected chi connectivity index (χ0v) is 13.6. The molecule has 4 heteroatoms. The van der Waals surface area contributed by atoms with Gasteiger partial charge in [-0.15, -0.1) is 0 Å². The third-order valence-corrected chi connectivity index (χ3v) is 5.14. The number of aromatic nitrogens is 1. The summed E-state index contributed by atoms with van der Waals surface area (Å²) in [6.07, 6.45) is 7.89. The molecule has 120 valence electrons. The van der Waals surface area contributed by atoms with Gasteiger partial charge in [-0.3, -0.25) is 9.78 Å². The van der Waals surface area contributed by atoms with Gasteiger partial charge < -0.3 is 9.80 Å². The number of pyridine rings is 1. The molecule has 0 spiro atoms. The van der Waals surface area contributed by atoms with E-state index in [1.165, 1.54) is 12.8 Å². The monoisotopic (exact) mass is 301 g/mol. The third kappa shape index (κ3) is 3.67. The largest absolute Gasteiger partial charge is 0.339 e. The van der Waals surface area contributed by atoms with Crippen LogP contribution in [0.5, 0.6) is 0 Å². The van der Waals surface area contributed by atoms with E-state index in [1.807, 2.05) is 24.4 Å². The van der Waals surface area contributed by atoms with E-state index in [4.69, 9.17) is 0 Å². The molecule has 22 heavy (non-hydrogen) atoms. The van der Waals surface area contributed by atoms with Crippen LogP contribution in [0, 0.1) is 5.92 Å². The van der Waals surface area contributed by atoms with Crippen molar-refractivity contribution >= 4 is 5.91 Å². The molecule has 2 saturated heterocycles. The lowest BCUT2D eigenvalue weighted by atomic mass is 9.84. The van der Waals surface area contributed by atoms with Crippen LogP contribution in [0.15, 0.2) is 24.4 Å². The highest BCUT2D eigenvalue weighted by Gasteiger charge is 2.36. The average Bonchev–Trinajstić information content (AvgIpc) is 2.55. The minimum absolute atomic E-state index is 0.357. The molecule has 0 saturated carbocycles. The molecule has 3 heterocycles. The smallest absolute Gasteiger partial charge is 0.222 e. The summed E-state index contributed by atoms with van der Waals surface area (Å²) in [5.41, 5.74) is 1.09. The van der Waals surface area contributed by atoms with Gasteiger partial charge >= 0.3 is 0 Å². The van der Waals surface area contributed by atoms with Gasteiger partial charge in [0.15, 0.2) is 0 Å². The van der Waals surface area contributed by atoms with E-state index < -0.39 is 0 Å². The second kappa shape index (κ2) is 7.23. The Kier molecular flexibility index (Phi) is 5.08. The van der Waals surface area contributed by atoms with E-state index in [1.54, 1.807) is 0 Å². The summed E-state index contributed by atoms with van der Waals surface area (Å²) in [5, 5.41) is 0.